The van der Waals surface area contributed by atoms with Crippen LogP contribution in [-0.4, -0.2) is 18.7 Å². The molecule has 6 rings (SSSR count). The molecular weight excluding hydrogens is 376 g/mol. The number of hydrogen-bond acceptors (Lipinski definition) is 4. The molecule has 30 heavy (non-hydrogen) atoms. The highest BCUT2D eigenvalue weighted by Crippen LogP contribution is 2.48. The maximum absolute atomic E-state index is 13.5. The van der Waals surface area contributed by atoms with Crippen LogP contribution in [0.5, 0.6) is 17.2 Å². The van der Waals surface area contributed by atoms with Gasteiger partial charge in [0, 0.05) is 11.1 Å². The van der Waals surface area contributed by atoms with Crippen molar-refractivity contribution >= 4 is 16.6 Å². The Bertz CT molecular complexity index is 1280. The Hall–Kier alpha value is -3.79. The van der Waals surface area contributed by atoms with E-state index in [1.54, 1.807) is 0 Å². The van der Waals surface area contributed by atoms with Crippen LogP contribution in [0.25, 0.3) is 10.8 Å². The molecule has 2 heterocycles. The molecule has 0 saturated carbocycles. The van der Waals surface area contributed by atoms with Crippen molar-refractivity contribution in [2.45, 2.75) is 12.0 Å². The van der Waals surface area contributed by atoms with Gasteiger partial charge < -0.3 is 14.2 Å². The van der Waals surface area contributed by atoms with E-state index in [1.807, 2.05) is 72.8 Å². The molecule has 4 aromatic carbocycles. The maximum atomic E-state index is 13.5. The Kier molecular flexibility index (Phi) is 3.78. The van der Waals surface area contributed by atoms with Crippen molar-refractivity contribution < 1.29 is 19.0 Å². The van der Waals surface area contributed by atoms with Gasteiger partial charge in [-0.1, -0.05) is 66.7 Å². The molecule has 0 spiro atoms. The molecule has 0 fully saturated rings. The monoisotopic (exact) mass is 394 g/mol. The van der Waals surface area contributed by atoms with Crippen molar-refractivity contribution in [3.63, 3.8) is 0 Å². The molecule has 0 N–H and O–H groups in total. The van der Waals surface area contributed by atoms with Crippen LogP contribution < -0.4 is 14.2 Å². The van der Waals surface area contributed by atoms with Crippen molar-refractivity contribution in [3.8, 4) is 17.2 Å². The van der Waals surface area contributed by atoms with Crippen molar-refractivity contribution in [3.05, 3.63) is 102 Å². The van der Waals surface area contributed by atoms with Crippen LogP contribution in [0.15, 0.2) is 84.9 Å². The van der Waals surface area contributed by atoms with Crippen molar-refractivity contribution in [2.24, 2.45) is 0 Å². The molecule has 2 aliphatic heterocycles. The smallest absolute Gasteiger partial charge is 0.231 e. The molecule has 0 amide bonds. The highest BCUT2D eigenvalue weighted by Gasteiger charge is 2.42. The van der Waals surface area contributed by atoms with Crippen LogP contribution in [0.1, 0.15) is 27.4 Å². The predicted molar refractivity (Wildman–Crippen MR) is 114 cm³/mol. The van der Waals surface area contributed by atoms with Crippen molar-refractivity contribution in [1.82, 2.24) is 0 Å². The fourth-order valence-corrected chi connectivity index (χ4v) is 4.47. The summed E-state index contributed by atoms with van der Waals surface area (Å²) in [5, 5.41) is 2.22. The Morgan fingerprint density at radius 3 is 2.43 bits per heavy atom. The summed E-state index contributed by atoms with van der Waals surface area (Å²) in [6.45, 7) is 0.214. The zero-order valence-corrected chi connectivity index (χ0v) is 16.1. The molecule has 0 unspecified atom stereocenters. The summed E-state index contributed by atoms with van der Waals surface area (Å²) >= 11 is 0. The summed E-state index contributed by atoms with van der Waals surface area (Å²) in [5.74, 6) is 1.91. The van der Waals surface area contributed by atoms with Gasteiger partial charge in [-0.2, -0.15) is 0 Å². The lowest BCUT2D eigenvalue weighted by atomic mass is 9.83. The maximum Gasteiger partial charge on any atom is 0.231 e. The SMILES string of the molecule is O=C(c1ccccc1)[C@@H]1Oc2ccc3ccccc3c2[C@H]1c1ccc2c(c1)OCO2. The molecular formula is C26H18O4. The molecule has 4 aromatic rings. The highest BCUT2D eigenvalue weighted by atomic mass is 16.7. The van der Waals surface area contributed by atoms with Gasteiger partial charge >= 0.3 is 0 Å². The predicted octanol–water partition coefficient (Wildman–Crippen LogP) is 5.34. The molecule has 0 aliphatic carbocycles. The van der Waals surface area contributed by atoms with E-state index in [2.05, 4.69) is 12.1 Å². The second-order valence-corrected chi connectivity index (χ2v) is 7.56. The lowest BCUT2D eigenvalue weighted by molar-refractivity contribution is 0.0806. The first-order chi connectivity index (χ1) is 14.8. The normalized spacial score (nSPS) is 18.8. The number of ketones is 1. The van der Waals surface area contributed by atoms with Crippen LogP contribution in [0.2, 0.25) is 0 Å². The molecule has 0 radical (unpaired) electrons. The highest BCUT2D eigenvalue weighted by molar-refractivity contribution is 6.02. The van der Waals surface area contributed by atoms with Gasteiger partial charge in [-0.15, -0.1) is 0 Å². The summed E-state index contributed by atoms with van der Waals surface area (Å²) < 4.78 is 17.4. The van der Waals surface area contributed by atoms with Gasteiger partial charge in [0.1, 0.15) is 5.75 Å². The average Bonchev–Trinajstić information content (AvgIpc) is 3.43. The number of rotatable bonds is 3. The second-order valence-electron chi connectivity index (χ2n) is 7.56. The minimum absolute atomic E-state index is 0.0291. The van der Waals surface area contributed by atoms with Crippen LogP contribution >= 0.6 is 0 Å². The number of ether oxygens (including phenoxy) is 3. The van der Waals surface area contributed by atoms with Crippen molar-refractivity contribution in [2.75, 3.05) is 6.79 Å². The van der Waals surface area contributed by atoms with Gasteiger partial charge in [-0.3, -0.25) is 4.79 Å². The van der Waals surface area contributed by atoms with Crippen LogP contribution in [0.4, 0.5) is 0 Å². The zero-order chi connectivity index (χ0) is 20.1. The first kappa shape index (κ1) is 17.1. The molecule has 0 saturated heterocycles. The molecule has 2 aliphatic rings. The third kappa shape index (κ3) is 2.57. The zero-order valence-electron chi connectivity index (χ0n) is 16.1. The Balaban J connectivity index is 1.55. The first-order valence-electron chi connectivity index (χ1n) is 9.97. The van der Waals surface area contributed by atoms with E-state index in [-0.39, 0.29) is 18.5 Å². The van der Waals surface area contributed by atoms with Gasteiger partial charge in [0.2, 0.25) is 12.6 Å². The standard InChI is InChI=1S/C26H18O4/c27-25(17-7-2-1-3-8-17)26-23(18-11-12-20-22(14-18)29-15-28-20)24-19-9-5-4-6-16(19)10-13-21(24)30-26/h1-14,23,26H,15H2/t23-,26-/m1/s1. The molecule has 0 bridgehead atoms. The van der Waals surface area contributed by atoms with E-state index in [0.29, 0.717) is 11.3 Å². The lowest BCUT2D eigenvalue weighted by Crippen LogP contribution is -2.30. The van der Waals surface area contributed by atoms with Crippen LogP contribution in [0, 0.1) is 0 Å². The summed E-state index contributed by atoms with van der Waals surface area (Å²) in [7, 11) is 0. The van der Waals surface area contributed by atoms with E-state index in [4.69, 9.17) is 14.2 Å². The summed E-state index contributed by atoms with van der Waals surface area (Å²) in [5.41, 5.74) is 2.66. The van der Waals surface area contributed by atoms with E-state index in [9.17, 15) is 4.79 Å². The summed E-state index contributed by atoms with van der Waals surface area (Å²) in [6, 6.07) is 27.4. The molecule has 2 atom stereocenters. The van der Waals surface area contributed by atoms with Gasteiger partial charge in [0.25, 0.3) is 0 Å². The van der Waals surface area contributed by atoms with E-state index in [0.717, 1.165) is 33.4 Å². The minimum atomic E-state index is -0.645. The molecule has 4 nitrogen and oxygen atoms in total. The van der Waals surface area contributed by atoms with E-state index < -0.39 is 6.10 Å². The number of hydrogen-bond donors (Lipinski definition) is 0. The first-order valence-corrected chi connectivity index (χ1v) is 9.97. The van der Waals surface area contributed by atoms with E-state index in [1.165, 1.54) is 0 Å². The number of carbonyl (C=O) groups excluding carboxylic acids is 1. The third-order valence-electron chi connectivity index (χ3n) is 5.87. The fraction of sp³-hybridized carbons (Fsp3) is 0.115. The third-order valence-corrected chi connectivity index (χ3v) is 5.87. The largest absolute Gasteiger partial charge is 0.481 e. The Morgan fingerprint density at radius 2 is 1.53 bits per heavy atom. The van der Waals surface area contributed by atoms with E-state index >= 15 is 0 Å². The molecule has 0 aromatic heterocycles. The quantitative estimate of drug-likeness (QED) is 0.440. The van der Waals surface area contributed by atoms with Gasteiger partial charge in [-0.05, 0) is 34.5 Å². The summed E-state index contributed by atoms with van der Waals surface area (Å²) in [6.07, 6.45) is -0.645. The second kappa shape index (κ2) is 6.63. The van der Waals surface area contributed by atoms with Crippen LogP contribution in [-0.2, 0) is 0 Å². The van der Waals surface area contributed by atoms with Gasteiger partial charge in [-0.25, -0.2) is 0 Å². The Morgan fingerprint density at radius 1 is 0.767 bits per heavy atom. The van der Waals surface area contributed by atoms with Gasteiger partial charge in [0.05, 0.1) is 5.92 Å². The number of fused-ring (bicyclic) bond motifs is 4. The topological polar surface area (TPSA) is 44.8 Å². The van der Waals surface area contributed by atoms with Gasteiger partial charge in [0.15, 0.2) is 17.6 Å². The molecule has 4 heteroatoms. The number of Topliss-reactive ketones (excluding diaryl/α,β-unsaturated/α-hetero) is 1. The van der Waals surface area contributed by atoms with Crippen molar-refractivity contribution in [1.29, 1.82) is 0 Å². The Labute approximate surface area is 173 Å². The average molecular weight is 394 g/mol. The number of carbonyl (C=O) groups is 1. The van der Waals surface area contributed by atoms with Crippen LogP contribution in [0.3, 0.4) is 0 Å². The molecule has 146 valence electrons. The minimum Gasteiger partial charge on any atom is -0.481 e. The summed E-state index contributed by atoms with van der Waals surface area (Å²) in [4.78, 5) is 13.5. The number of benzene rings is 4. The lowest BCUT2D eigenvalue weighted by Gasteiger charge is -2.19. The fourth-order valence-electron chi connectivity index (χ4n) is 4.47.